The summed E-state index contributed by atoms with van der Waals surface area (Å²) in [6, 6.07) is 7.29. The molecule has 0 aromatic heterocycles. The maximum absolute atomic E-state index is 11.8. The van der Waals surface area contributed by atoms with Gasteiger partial charge in [-0.1, -0.05) is 30.7 Å². The van der Waals surface area contributed by atoms with Crippen LogP contribution in [0.5, 0.6) is 0 Å². The molecule has 1 N–H and O–H groups in total. The summed E-state index contributed by atoms with van der Waals surface area (Å²) in [7, 11) is 0. The van der Waals surface area contributed by atoms with Crippen molar-refractivity contribution in [1.82, 2.24) is 0 Å². The zero-order valence-corrected chi connectivity index (χ0v) is 8.87. The van der Waals surface area contributed by atoms with Gasteiger partial charge in [-0.15, -0.1) is 0 Å². The molecule has 1 aromatic rings. The van der Waals surface area contributed by atoms with Crippen LogP contribution in [-0.4, -0.2) is 16.5 Å². The summed E-state index contributed by atoms with van der Waals surface area (Å²) in [4.78, 5) is 11.8. The largest absolute Gasteiger partial charge is 0.382 e. The second kappa shape index (κ2) is 3.93. The van der Waals surface area contributed by atoms with Gasteiger partial charge in [0.05, 0.1) is 0 Å². The maximum atomic E-state index is 11.8. The summed E-state index contributed by atoms with van der Waals surface area (Å²) in [5.41, 5.74) is 0.368. The Balaban J connectivity index is 3.01. The van der Waals surface area contributed by atoms with Gasteiger partial charge < -0.3 is 5.11 Å². The molecule has 0 saturated heterocycles. The smallest absolute Gasteiger partial charge is 0.194 e. The van der Waals surface area contributed by atoms with Gasteiger partial charge >= 0.3 is 0 Å². The number of aliphatic hydroxyl groups is 1. The first-order valence-electron chi connectivity index (χ1n) is 4.81. The second-order valence-electron chi connectivity index (χ2n) is 3.83. The number of hydrogen-bond donors (Lipinski definition) is 1. The molecular weight excluding hydrogens is 176 g/mol. The zero-order valence-electron chi connectivity index (χ0n) is 8.87. The van der Waals surface area contributed by atoms with Crippen LogP contribution in [0.4, 0.5) is 0 Å². The normalized spacial score (nSPS) is 14.9. The van der Waals surface area contributed by atoms with Crippen LogP contribution in [-0.2, 0) is 0 Å². The molecule has 0 saturated carbocycles. The van der Waals surface area contributed by atoms with Crippen LogP contribution in [0.3, 0.4) is 0 Å². The van der Waals surface area contributed by atoms with Gasteiger partial charge in [-0.3, -0.25) is 4.79 Å². The van der Waals surface area contributed by atoms with Crippen molar-refractivity contribution in [3.8, 4) is 0 Å². The van der Waals surface area contributed by atoms with Crippen molar-refractivity contribution >= 4 is 5.78 Å². The Morgan fingerprint density at radius 2 is 2.14 bits per heavy atom. The van der Waals surface area contributed by atoms with E-state index < -0.39 is 5.60 Å². The molecule has 0 radical (unpaired) electrons. The lowest BCUT2D eigenvalue weighted by atomic mass is 9.92. The Labute approximate surface area is 84.6 Å². The maximum Gasteiger partial charge on any atom is 0.194 e. The molecular formula is C12H16O2. The summed E-state index contributed by atoms with van der Waals surface area (Å²) < 4.78 is 0. The van der Waals surface area contributed by atoms with Crippen molar-refractivity contribution in [3.05, 3.63) is 35.4 Å². The van der Waals surface area contributed by atoms with Gasteiger partial charge in [0, 0.05) is 5.56 Å². The Morgan fingerprint density at radius 3 is 2.64 bits per heavy atom. The summed E-state index contributed by atoms with van der Waals surface area (Å²) in [6.45, 7) is 5.28. The quantitative estimate of drug-likeness (QED) is 0.746. The fourth-order valence-corrected chi connectivity index (χ4v) is 1.26. The van der Waals surface area contributed by atoms with E-state index in [0.717, 1.165) is 5.56 Å². The molecule has 76 valence electrons. The first-order chi connectivity index (χ1) is 6.47. The minimum absolute atomic E-state index is 0.205. The predicted molar refractivity (Wildman–Crippen MR) is 56.4 cm³/mol. The van der Waals surface area contributed by atoms with Gasteiger partial charge in [-0.05, 0) is 26.3 Å². The summed E-state index contributed by atoms with van der Waals surface area (Å²) >= 11 is 0. The van der Waals surface area contributed by atoms with Crippen molar-refractivity contribution < 1.29 is 9.90 Å². The molecule has 0 heterocycles. The monoisotopic (exact) mass is 192 g/mol. The van der Waals surface area contributed by atoms with Crippen LogP contribution in [0.25, 0.3) is 0 Å². The highest BCUT2D eigenvalue weighted by Crippen LogP contribution is 2.17. The molecule has 1 rings (SSSR count). The van der Waals surface area contributed by atoms with E-state index in [4.69, 9.17) is 0 Å². The van der Waals surface area contributed by atoms with E-state index in [2.05, 4.69) is 0 Å². The average Bonchev–Trinajstić information content (AvgIpc) is 2.16. The second-order valence-corrected chi connectivity index (χ2v) is 3.83. The third-order valence-corrected chi connectivity index (χ3v) is 2.46. The van der Waals surface area contributed by atoms with Crippen LogP contribution in [0, 0.1) is 6.92 Å². The van der Waals surface area contributed by atoms with Crippen molar-refractivity contribution in [2.45, 2.75) is 32.8 Å². The van der Waals surface area contributed by atoms with Crippen LogP contribution in [0.1, 0.15) is 36.2 Å². The molecule has 2 nitrogen and oxygen atoms in total. The fourth-order valence-electron chi connectivity index (χ4n) is 1.26. The number of Topliss-reactive ketones (excluding diaryl/α,β-unsaturated/α-hetero) is 1. The van der Waals surface area contributed by atoms with Gasteiger partial charge in [0.25, 0.3) is 0 Å². The Hall–Kier alpha value is -1.15. The molecule has 0 aliphatic heterocycles. The minimum Gasteiger partial charge on any atom is -0.382 e. The molecule has 2 heteroatoms. The van der Waals surface area contributed by atoms with E-state index in [0.29, 0.717) is 12.0 Å². The lowest BCUT2D eigenvalue weighted by Crippen LogP contribution is -2.34. The highest BCUT2D eigenvalue weighted by Gasteiger charge is 2.28. The number of ketones is 1. The van der Waals surface area contributed by atoms with Gasteiger partial charge in [0.1, 0.15) is 5.60 Å². The van der Waals surface area contributed by atoms with Crippen molar-refractivity contribution in [1.29, 1.82) is 0 Å². The van der Waals surface area contributed by atoms with Gasteiger partial charge in [-0.2, -0.15) is 0 Å². The topological polar surface area (TPSA) is 37.3 Å². The molecule has 0 bridgehead atoms. The highest BCUT2D eigenvalue weighted by molar-refractivity contribution is 6.02. The molecule has 0 spiro atoms. The fraction of sp³-hybridized carbons (Fsp3) is 0.417. The van der Waals surface area contributed by atoms with Crippen molar-refractivity contribution in [2.24, 2.45) is 0 Å². The van der Waals surface area contributed by atoms with E-state index in [1.807, 2.05) is 19.1 Å². The predicted octanol–water partition coefficient (Wildman–Crippen LogP) is 2.34. The molecule has 0 fully saturated rings. The Kier molecular flexibility index (Phi) is 3.06. The molecule has 1 atom stereocenters. The highest BCUT2D eigenvalue weighted by atomic mass is 16.3. The zero-order chi connectivity index (χ0) is 10.8. The van der Waals surface area contributed by atoms with E-state index in [9.17, 15) is 9.90 Å². The molecule has 1 aromatic carbocycles. The third-order valence-electron chi connectivity index (χ3n) is 2.46. The van der Waals surface area contributed by atoms with E-state index >= 15 is 0 Å². The average molecular weight is 192 g/mol. The van der Waals surface area contributed by atoms with Crippen LogP contribution in [0.15, 0.2) is 24.3 Å². The molecule has 14 heavy (non-hydrogen) atoms. The summed E-state index contributed by atoms with van der Waals surface area (Å²) in [5.74, 6) is -0.205. The van der Waals surface area contributed by atoms with Crippen LogP contribution >= 0.6 is 0 Å². The minimum atomic E-state index is -1.24. The Bertz CT molecular complexity index is 340. The summed E-state index contributed by atoms with van der Waals surface area (Å²) in [6.07, 6.45) is 0.430. The van der Waals surface area contributed by atoms with E-state index in [1.165, 1.54) is 0 Å². The number of carbonyl (C=O) groups excluding carboxylic acids is 1. The van der Waals surface area contributed by atoms with Gasteiger partial charge in [-0.25, -0.2) is 0 Å². The lowest BCUT2D eigenvalue weighted by Gasteiger charge is -2.19. The molecule has 0 amide bonds. The standard InChI is InChI=1S/C12H16O2/c1-4-12(3,14)11(13)10-7-5-6-9(2)8-10/h5-8,14H,4H2,1-3H3. The third kappa shape index (κ3) is 2.20. The molecule has 1 unspecified atom stereocenters. The van der Waals surface area contributed by atoms with Gasteiger partial charge in [0.15, 0.2) is 5.78 Å². The number of carbonyl (C=O) groups is 1. The SMILES string of the molecule is CCC(C)(O)C(=O)c1cccc(C)c1. The van der Waals surface area contributed by atoms with Crippen molar-refractivity contribution in [3.63, 3.8) is 0 Å². The molecule has 0 aliphatic rings. The number of benzene rings is 1. The van der Waals surface area contributed by atoms with Crippen LogP contribution in [0.2, 0.25) is 0 Å². The number of aryl methyl sites for hydroxylation is 1. The first kappa shape index (κ1) is 10.9. The lowest BCUT2D eigenvalue weighted by molar-refractivity contribution is 0.0390. The first-order valence-corrected chi connectivity index (χ1v) is 4.81. The van der Waals surface area contributed by atoms with Crippen LogP contribution < -0.4 is 0 Å². The summed E-state index contributed by atoms with van der Waals surface area (Å²) in [5, 5.41) is 9.79. The van der Waals surface area contributed by atoms with E-state index in [1.54, 1.807) is 26.0 Å². The molecule has 0 aliphatic carbocycles. The number of hydrogen-bond acceptors (Lipinski definition) is 2. The van der Waals surface area contributed by atoms with E-state index in [-0.39, 0.29) is 5.78 Å². The Morgan fingerprint density at radius 1 is 1.50 bits per heavy atom. The number of rotatable bonds is 3. The van der Waals surface area contributed by atoms with Gasteiger partial charge in [0.2, 0.25) is 0 Å². The van der Waals surface area contributed by atoms with Crippen molar-refractivity contribution in [2.75, 3.05) is 0 Å².